The lowest BCUT2D eigenvalue weighted by Crippen LogP contribution is -2.41. The number of nitrogens with zero attached hydrogens (tertiary/aromatic N) is 4. The smallest absolute Gasteiger partial charge is 0.231 e. The molecule has 0 N–H and O–H groups in total. The number of hydrogen-bond donors (Lipinski definition) is 0. The Morgan fingerprint density at radius 1 is 1.11 bits per heavy atom. The summed E-state index contributed by atoms with van der Waals surface area (Å²) < 4.78 is 7.40. The average molecular weight is 362 g/mol. The first-order valence-corrected chi connectivity index (χ1v) is 8.99. The third-order valence-electron chi connectivity index (χ3n) is 5.12. The average Bonchev–Trinajstić information content (AvgIpc) is 3.16. The molecule has 0 spiro atoms. The molecule has 4 rings (SSSR count). The minimum atomic E-state index is -0.116. The van der Waals surface area contributed by atoms with Gasteiger partial charge in [0.2, 0.25) is 11.9 Å². The topological polar surface area (TPSA) is 60.2 Å². The van der Waals surface area contributed by atoms with Gasteiger partial charge in [0.1, 0.15) is 12.1 Å². The van der Waals surface area contributed by atoms with E-state index < -0.39 is 0 Å². The number of hydrogen-bond acceptors (Lipinski definition) is 4. The van der Waals surface area contributed by atoms with E-state index in [0.717, 1.165) is 16.9 Å². The fourth-order valence-electron chi connectivity index (χ4n) is 3.83. The molecule has 6 nitrogen and oxygen atoms in total. The van der Waals surface area contributed by atoms with Crippen LogP contribution in [0, 0.1) is 6.92 Å². The summed E-state index contributed by atoms with van der Waals surface area (Å²) in [6.07, 6.45) is 2.20. The van der Waals surface area contributed by atoms with Crippen molar-refractivity contribution >= 4 is 11.9 Å². The van der Waals surface area contributed by atoms with Crippen molar-refractivity contribution in [2.45, 2.75) is 32.4 Å². The zero-order chi connectivity index (χ0) is 19.0. The molecule has 0 bridgehead atoms. The quantitative estimate of drug-likeness (QED) is 0.713. The predicted octanol–water partition coefficient (Wildman–Crippen LogP) is 3.68. The lowest BCUT2D eigenvalue weighted by molar-refractivity contribution is -0.117. The summed E-state index contributed by atoms with van der Waals surface area (Å²) in [6, 6.07) is 16.1. The van der Waals surface area contributed by atoms with Crippen LogP contribution in [0.5, 0.6) is 5.75 Å². The molecule has 0 fully saturated rings. The molecule has 0 saturated heterocycles. The number of fused-ring (bicyclic) bond motifs is 1. The van der Waals surface area contributed by atoms with Gasteiger partial charge in [-0.05, 0) is 25.0 Å². The minimum absolute atomic E-state index is 0.0479. The standard InChI is InChI=1S/C21H22N4O2/c1-14-8-10-16(11-9-14)18-12-19(17-6-4-5-7-20(17)27-3)25-21(22-13-23-25)24(18)15(2)26/h4-11,13,18-19H,12H2,1-3H3. The summed E-state index contributed by atoms with van der Waals surface area (Å²) in [5, 5.41) is 4.42. The maximum atomic E-state index is 12.5. The van der Waals surface area contributed by atoms with Crippen LogP contribution >= 0.6 is 0 Å². The number of benzene rings is 2. The van der Waals surface area contributed by atoms with Gasteiger partial charge in [-0.3, -0.25) is 9.69 Å². The minimum Gasteiger partial charge on any atom is -0.496 e. The highest BCUT2D eigenvalue weighted by Gasteiger charge is 2.38. The van der Waals surface area contributed by atoms with E-state index in [1.807, 2.05) is 28.9 Å². The molecule has 2 heterocycles. The predicted molar refractivity (Wildman–Crippen MR) is 103 cm³/mol. The van der Waals surface area contributed by atoms with Gasteiger partial charge in [0.15, 0.2) is 0 Å². The number of anilines is 1. The second-order valence-corrected chi connectivity index (χ2v) is 6.81. The zero-order valence-electron chi connectivity index (χ0n) is 15.7. The van der Waals surface area contributed by atoms with Gasteiger partial charge in [0, 0.05) is 12.5 Å². The summed E-state index contributed by atoms with van der Waals surface area (Å²) in [7, 11) is 1.67. The number of methoxy groups -OCH3 is 1. The molecule has 2 aromatic carbocycles. The number of ether oxygens (including phenoxy) is 1. The van der Waals surface area contributed by atoms with Gasteiger partial charge in [0.05, 0.1) is 19.2 Å². The molecular formula is C21H22N4O2. The highest BCUT2D eigenvalue weighted by atomic mass is 16.5. The first kappa shape index (κ1) is 17.3. The third-order valence-corrected chi connectivity index (χ3v) is 5.12. The Labute approximate surface area is 158 Å². The van der Waals surface area contributed by atoms with Crippen molar-refractivity contribution in [2.24, 2.45) is 0 Å². The molecule has 1 aliphatic rings. The number of para-hydroxylation sites is 1. The number of carbonyl (C=O) groups is 1. The molecule has 1 aliphatic heterocycles. The van der Waals surface area contributed by atoms with E-state index >= 15 is 0 Å². The summed E-state index contributed by atoms with van der Waals surface area (Å²) in [5.41, 5.74) is 3.31. The number of carbonyl (C=O) groups excluding carboxylic acids is 1. The van der Waals surface area contributed by atoms with E-state index in [4.69, 9.17) is 4.74 Å². The summed E-state index contributed by atoms with van der Waals surface area (Å²) >= 11 is 0. The monoisotopic (exact) mass is 362 g/mol. The lowest BCUT2D eigenvalue weighted by Gasteiger charge is -2.39. The number of aromatic nitrogens is 3. The molecule has 0 saturated carbocycles. The Morgan fingerprint density at radius 3 is 2.56 bits per heavy atom. The maximum Gasteiger partial charge on any atom is 0.231 e. The van der Waals surface area contributed by atoms with Crippen molar-refractivity contribution in [3.05, 3.63) is 71.5 Å². The van der Waals surface area contributed by atoms with Gasteiger partial charge in [0.25, 0.3) is 0 Å². The van der Waals surface area contributed by atoms with Crippen LogP contribution < -0.4 is 9.64 Å². The first-order chi connectivity index (χ1) is 13.1. The van der Waals surface area contributed by atoms with Gasteiger partial charge in [-0.15, -0.1) is 0 Å². The van der Waals surface area contributed by atoms with Crippen LogP contribution in [-0.4, -0.2) is 27.8 Å². The van der Waals surface area contributed by atoms with Crippen molar-refractivity contribution in [1.29, 1.82) is 0 Å². The van der Waals surface area contributed by atoms with E-state index in [1.54, 1.807) is 18.9 Å². The van der Waals surface area contributed by atoms with Crippen LogP contribution in [-0.2, 0) is 4.79 Å². The van der Waals surface area contributed by atoms with E-state index in [1.165, 1.54) is 11.9 Å². The summed E-state index contributed by atoms with van der Waals surface area (Å²) in [4.78, 5) is 18.6. The molecule has 0 aliphatic carbocycles. The largest absolute Gasteiger partial charge is 0.496 e. The molecule has 1 aromatic heterocycles. The molecule has 2 unspecified atom stereocenters. The van der Waals surface area contributed by atoms with E-state index in [2.05, 4.69) is 41.3 Å². The van der Waals surface area contributed by atoms with Crippen molar-refractivity contribution in [3.63, 3.8) is 0 Å². The lowest BCUT2D eigenvalue weighted by atomic mass is 9.91. The van der Waals surface area contributed by atoms with E-state index in [9.17, 15) is 4.79 Å². The summed E-state index contributed by atoms with van der Waals surface area (Å²) in [6.45, 7) is 3.63. The molecule has 27 heavy (non-hydrogen) atoms. The Morgan fingerprint density at radius 2 is 1.85 bits per heavy atom. The van der Waals surface area contributed by atoms with E-state index in [0.29, 0.717) is 12.4 Å². The third kappa shape index (κ3) is 2.97. The fourth-order valence-corrected chi connectivity index (χ4v) is 3.83. The molecular weight excluding hydrogens is 340 g/mol. The van der Waals surface area contributed by atoms with Crippen LogP contribution in [0.15, 0.2) is 54.9 Å². The van der Waals surface area contributed by atoms with Crippen LogP contribution in [0.2, 0.25) is 0 Å². The second kappa shape index (κ2) is 6.87. The molecule has 3 aromatic rings. The molecule has 0 radical (unpaired) electrons. The number of aryl methyl sites for hydroxylation is 1. The Balaban J connectivity index is 1.86. The molecule has 1 amide bonds. The van der Waals surface area contributed by atoms with Crippen LogP contribution in [0.3, 0.4) is 0 Å². The number of amides is 1. The van der Waals surface area contributed by atoms with Gasteiger partial charge in [-0.1, -0.05) is 48.0 Å². The normalized spacial score (nSPS) is 18.9. The first-order valence-electron chi connectivity index (χ1n) is 8.99. The SMILES string of the molecule is COc1ccccc1C1CC(c2ccc(C)cc2)N(C(C)=O)c2ncnn21. The molecule has 2 atom stereocenters. The van der Waals surface area contributed by atoms with Crippen molar-refractivity contribution in [1.82, 2.24) is 14.8 Å². The van der Waals surface area contributed by atoms with Crippen molar-refractivity contribution < 1.29 is 9.53 Å². The van der Waals surface area contributed by atoms with Gasteiger partial charge in [-0.2, -0.15) is 10.1 Å². The van der Waals surface area contributed by atoms with Gasteiger partial charge >= 0.3 is 0 Å². The highest BCUT2D eigenvalue weighted by molar-refractivity contribution is 5.91. The van der Waals surface area contributed by atoms with Crippen molar-refractivity contribution in [3.8, 4) is 5.75 Å². The molecule has 6 heteroatoms. The molecule has 138 valence electrons. The van der Waals surface area contributed by atoms with Crippen LogP contribution in [0.25, 0.3) is 0 Å². The Kier molecular flexibility index (Phi) is 4.39. The van der Waals surface area contributed by atoms with Crippen LogP contribution in [0.1, 0.15) is 42.1 Å². The zero-order valence-corrected chi connectivity index (χ0v) is 15.7. The maximum absolute atomic E-state index is 12.5. The van der Waals surface area contributed by atoms with Gasteiger partial charge < -0.3 is 4.74 Å². The van der Waals surface area contributed by atoms with E-state index in [-0.39, 0.29) is 18.0 Å². The Bertz CT molecular complexity index is 964. The number of rotatable bonds is 3. The van der Waals surface area contributed by atoms with Crippen LogP contribution in [0.4, 0.5) is 5.95 Å². The second-order valence-electron chi connectivity index (χ2n) is 6.81. The van der Waals surface area contributed by atoms with Gasteiger partial charge in [-0.25, -0.2) is 4.68 Å². The fraction of sp³-hybridized carbons (Fsp3) is 0.286. The van der Waals surface area contributed by atoms with Crippen molar-refractivity contribution in [2.75, 3.05) is 12.0 Å². The Hall–Kier alpha value is -3.15. The summed E-state index contributed by atoms with van der Waals surface area (Å²) in [5.74, 6) is 1.33. The highest BCUT2D eigenvalue weighted by Crippen LogP contribution is 2.43.